The minimum Gasteiger partial charge on any atom is -0.355 e. The smallest absolute Gasteiger partial charge is 0.178 e. The van der Waals surface area contributed by atoms with Gasteiger partial charge in [-0.2, -0.15) is 4.52 Å². The molecule has 0 spiro atoms. The minimum atomic E-state index is 0.397. The molecule has 1 aliphatic rings. The Hall–Kier alpha value is -2.51. The van der Waals surface area contributed by atoms with Gasteiger partial charge in [-0.3, -0.25) is 0 Å². The molecule has 3 aromatic rings. The van der Waals surface area contributed by atoms with Crippen molar-refractivity contribution < 1.29 is 0 Å². The van der Waals surface area contributed by atoms with Crippen molar-refractivity contribution in [1.82, 2.24) is 34.6 Å². The predicted molar refractivity (Wildman–Crippen MR) is 90.1 cm³/mol. The van der Waals surface area contributed by atoms with Crippen LogP contribution in [0.4, 0.5) is 5.82 Å². The van der Waals surface area contributed by atoms with Crippen LogP contribution in [0.15, 0.2) is 18.5 Å². The van der Waals surface area contributed by atoms with E-state index in [-0.39, 0.29) is 0 Å². The summed E-state index contributed by atoms with van der Waals surface area (Å²) >= 11 is 0. The molecule has 4 heterocycles. The number of fused-ring (bicyclic) bond motifs is 1. The molecule has 8 nitrogen and oxygen atoms in total. The Bertz CT molecular complexity index is 841. The molecule has 0 atom stereocenters. The van der Waals surface area contributed by atoms with E-state index >= 15 is 0 Å². The first-order valence-corrected chi connectivity index (χ1v) is 8.47. The van der Waals surface area contributed by atoms with E-state index in [0.717, 1.165) is 49.0 Å². The number of anilines is 1. The largest absolute Gasteiger partial charge is 0.355 e. The quantitative estimate of drug-likeness (QED) is 0.732. The van der Waals surface area contributed by atoms with Crippen molar-refractivity contribution in [3.63, 3.8) is 0 Å². The van der Waals surface area contributed by atoms with Crippen molar-refractivity contribution in [3.8, 4) is 0 Å². The van der Waals surface area contributed by atoms with Crippen LogP contribution < -0.4 is 4.90 Å². The summed E-state index contributed by atoms with van der Waals surface area (Å²) < 4.78 is 3.99. The van der Waals surface area contributed by atoms with Crippen LogP contribution in [-0.4, -0.2) is 47.7 Å². The van der Waals surface area contributed by atoms with Gasteiger partial charge < -0.3 is 9.47 Å². The highest BCUT2D eigenvalue weighted by atomic mass is 15.4. The Morgan fingerprint density at radius 1 is 1.08 bits per heavy atom. The molecule has 126 valence electrons. The van der Waals surface area contributed by atoms with Gasteiger partial charge in [0.15, 0.2) is 11.5 Å². The summed E-state index contributed by atoms with van der Waals surface area (Å²) in [5, 5.41) is 21.3. The van der Waals surface area contributed by atoms with Gasteiger partial charge in [0.05, 0.1) is 0 Å². The second-order valence-corrected chi connectivity index (χ2v) is 6.66. The zero-order valence-corrected chi connectivity index (χ0v) is 14.3. The van der Waals surface area contributed by atoms with Gasteiger partial charge >= 0.3 is 0 Å². The molecule has 0 radical (unpaired) electrons. The van der Waals surface area contributed by atoms with Crippen LogP contribution in [-0.2, 0) is 0 Å². The van der Waals surface area contributed by atoms with Crippen molar-refractivity contribution >= 4 is 11.5 Å². The summed E-state index contributed by atoms with van der Waals surface area (Å²) in [6, 6.07) is 4.40. The topological polar surface area (TPSA) is 77.0 Å². The van der Waals surface area contributed by atoms with E-state index in [2.05, 4.69) is 48.8 Å². The molecule has 24 heavy (non-hydrogen) atoms. The van der Waals surface area contributed by atoms with Crippen LogP contribution >= 0.6 is 0 Å². The second kappa shape index (κ2) is 5.85. The Morgan fingerprint density at radius 2 is 1.88 bits per heavy atom. The lowest BCUT2D eigenvalue weighted by molar-refractivity contribution is 0.447. The third-order valence-corrected chi connectivity index (χ3v) is 4.75. The van der Waals surface area contributed by atoms with Crippen LogP contribution in [0.2, 0.25) is 0 Å². The molecule has 0 saturated carbocycles. The van der Waals surface area contributed by atoms with E-state index in [1.54, 1.807) is 4.52 Å². The molecule has 0 aromatic carbocycles. The van der Waals surface area contributed by atoms with Crippen molar-refractivity contribution in [3.05, 3.63) is 30.1 Å². The third-order valence-electron chi connectivity index (χ3n) is 4.75. The summed E-state index contributed by atoms with van der Waals surface area (Å²) in [4.78, 5) is 2.32. The van der Waals surface area contributed by atoms with E-state index in [9.17, 15) is 0 Å². The summed E-state index contributed by atoms with van der Waals surface area (Å²) in [7, 11) is 0. The van der Waals surface area contributed by atoms with Crippen LogP contribution in [0, 0.1) is 6.92 Å². The van der Waals surface area contributed by atoms with Crippen molar-refractivity contribution in [1.29, 1.82) is 0 Å². The van der Waals surface area contributed by atoms with Gasteiger partial charge in [0.25, 0.3) is 0 Å². The second-order valence-electron chi connectivity index (χ2n) is 6.66. The summed E-state index contributed by atoms with van der Waals surface area (Å²) in [5.41, 5.74) is 0.788. The van der Waals surface area contributed by atoms with E-state index in [1.165, 1.54) is 0 Å². The van der Waals surface area contributed by atoms with Gasteiger partial charge in [-0.25, -0.2) is 0 Å². The molecule has 0 unspecified atom stereocenters. The summed E-state index contributed by atoms with van der Waals surface area (Å²) in [5.74, 6) is 3.37. The zero-order valence-electron chi connectivity index (χ0n) is 14.3. The highest BCUT2D eigenvalue weighted by molar-refractivity contribution is 5.46. The first-order chi connectivity index (χ1) is 11.6. The standard InChI is InChI=1S/C16H22N8/c1-11(2)23-10-17-20-16(23)13-6-8-22(9-7-13)15-5-4-14-19-18-12(3)24(14)21-15/h4-5,10-11,13H,6-9H2,1-3H3. The van der Waals surface area contributed by atoms with Crippen LogP contribution in [0.25, 0.3) is 5.65 Å². The molecule has 0 N–H and O–H groups in total. The Labute approximate surface area is 140 Å². The monoisotopic (exact) mass is 326 g/mol. The van der Waals surface area contributed by atoms with Crippen LogP contribution in [0.3, 0.4) is 0 Å². The zero-order chi connectivity index (χ0) is 16.7. The van der Waals surface area contributed by atoms with Crippen molar-refractivity contribution in [2.24, 2.45) is 0 Å². The van der Waals surface area contributed by atoms with E-state index in [1.807, 2.05) is 25.4 Å². The molecule has 3 aromatic heterocycles. The van der Waals surface area contributed by atoms with Gasteiger partial charge in [-0.15, -0.1) is 25.5 Å². The molecule has 1 aliphatic heterocycles. The lowest BCUT2D eigenvalue weighted by atomic mass is 9.95. The molecular formula is C16H22N8. The number of hydrogen-bond donors (Lipinski definition) is 0. The number of piperidine rings is 1. The van der Waals surface area contributed by atoms with Gasteiger partial charge in [-0.05, 0) is 45.7 Å². The molecule has 0 amide bonds. The number of aryl methyl sites for hydroxylation is 1. The van der Waals surface area contributed by atoms with E-state index in [0.29, 0.717) is 12.0 Å². The SMILES string of the molecule is Cc1nnc2ccc(N3CCC(c4nncn4C(C)C)CC3)nn12. The van der Waals surface area contributed by atoms with E-state index in [4.69, 9.17) is 0 Å². The first kappa shape index (κ1) is 15.0. The molecule has 0 aliphatic carbocycles. The maximum Gasteiger partial charge on any atom is 0.178 e. The lowest BCUT2D eigenvalue weighted by Gasteiger charge is -2.32. The normalized spacial score (nSPS) is 16.4. The molecule has 4 rings (SSSR count). The molecule has 1 saturated heterocycles. The summed E-state index contributed by atoms with van der Waals surface area (Å²) in [6.07, 6.45) is 3.97. The van der Waals surface area contributed by atoms with Gasteiger partial charge in [0.2, 0.25) is 0 Å². The average Bonchev–Trinajstić information content (AvgIpc) is 3.22. The fourth-order valence-corrected chi connectivity index (χ4v) is 3.36. The van der Waals surface area contributed by atoms with Crippen molar-refractivity contribution in [2.75, 3.05) is 18.0 Å². The number of aromatic nitrogens is 7. The molecule has 1 fully saturated rings. The van der Waals surface area contributed by atoms with Gasteiger partial charge in [0.1, 0.15) is 18.0 Å². The number of rotatable bonds is 3. The predicted octanol–water partition coefficient (Wildman–Crippen LogP) is 1.99. The molecule has 0 bridgehead atoms. The fraction of sp³-hybridized carbons (Fsp3) is 0.562. The average molecular weight is 326 g/mol. The third kappa shape index (κ3) is 2.51. The fourth-order valence-electron chi connectivity index (χ4n) is 3.36. The number of nitrogens with zero attached hydrogens (tertiary/aromatic N) is 8. The van der Waals surface area contributed by atoms with Gasteiger partial charge in [0, 0.05) is 25.0 Å². The highest BCUT2D eigenvalue weighted by Gasteiger charge is 2.26. The molecule has 8 heteroatoms. The first-order valence-electron chi connectivity index (χ1n) is 8.47. The minimum absolute atomic E-state index is 0.397. The highest BCUT2D eigenvalue weighted by Crippen LogP contribution is 2.29. The maximum absolute atomic E-state index is 4.68. The van der Waals surface area contributed by atoms with Crippen molar-refractivity contribution in [2.45, 2.75) is 45.6 Å². The Kier molecular flexibility index (Phi) is 3.66. The molecular weight excluding hydrogens is 304 g/mol. The van der Waals surface area contributed by atoms with Crippen LogP contribution in [0.1, 0.15) is 50.3 Å². The number of hydrogen-bond acceptors (Lipinski definition) is 6. The Morgan fingerprint density at radius 3 is 2.62 bits per heavy atom. The van der Waals surface area contributed by atoms with Crippen LogP contribution in [0.5, 0.6) is 0 Å². The Balaban J connectivity index is 1.50. The maximum atomic E-state index is 4.68. The summed E-state index contributed by atoms with van der Waals surface area (Å²) in [6.45, 7) is 8.19. The van der Waals surface area contributed by atoms with Gasteiger partial charge in [-0.1, -0.05) is 0 Å². The lowest BCUT2D eigenvalue weighted by Crippen LogP contribution is -2.34. The van der Waals surface area contributed by atoms with E-state index < -0.39 is 0 Å².